The molecular formula is C20H22N4O2S. The molecule has 0 saturated carbocycles. The summed E-state index contributed by atoms with van der Waals surface area (Å²) in [6, 6.07) is 7.36. The van der Waals surface area contributed by atoms with Gasteiger partial charge in [0.2, 0.25) is 0 Å². The van der Waals surface area contributed by atoms with Crippen molar-refractivity contribution in [2.45, 2.75) is 26.2 Å². The van der Waals surface area contributed by atoms with Crippen LogP contribution in [-0.2, 0) is 0 Å². The van der Waals surface area contributed by atoms with Gasteiger partial charge in [0.05, 0.1) is 17.4 Å². The van der Waals surface area contributed by atoms with E-state index in [0.717, 1.165) is 34.7 Å². The number of nitrogens with zero attached hydrogens (tertiary/aromatic N) is 3. The molecule has 0 atom stereocenters. The molecule has 0 radical (unpaired) electrons. The molecule has 1 amide bonds. The van der Waals surface area contributed by atoms with E-state index in [4.69, 9.17) is 4.74 Å². The molecule has 2 aromatic heterocycles. The minimum atomic E-state index is -0.131. The fraction of sp³-hybridized carbons (Fsp3) is 0.350. The Balaban J connectivity index is 1.67. The van der Waals surface area contributed by atoms with Gasteiger partial charge in [-0.25, -0.2) is 9.97 Å². The van der Waals surface area contributed by atoms with Crippen LogP contribution in [0.25, 0.3) is 10.2 Å². The maximum Gasteiger partial charge on any atom is 0.266 e. The number of aryl methyl sites for hydroxylation is 1. The Morgan fingerprint density at radius 3 is 2.81 bits per heavy atom. The first-order chi connectivity index (χ1) is 13.2. The third-order valence-corrected chi connectivity index (χ3v) is 6.09. The van der Waals surface area contributed by atoms with E-state index in [2.05, 4.69) is 20.2 Å². The van der Waals surface area contributed by atoms with Gasteiger partial charge in [-0.15, -0.1) is 11.3 Å². The third kappa shape index (κ3) is 3.47. The standard InChI is InChI=1S/C20H22N4O2S/c1-13-16-18(24-9-4-3-5-10-24)21-12-22-20(16)27-17(13)19(25)23-14-7-6-8-15(11-14)26-2/h6-8,11-12H,3-5,9-10H2,1-2H3,(H,23,25). The highest BCUT2D eigenvalue weighted by atomic mass is 32.1. The zero-order valence-electron chi connectivity index (χ0n) is 15.5. The summed E-state index contributed by atoms with van der Waals surface area (Å²) in [5.74, 6) is 1.53. The van der Waals surface area contributed by atoms with Crippen molar-refractivity contribution in [2.75, 3.05) is 30.4 Å². The monoisotopic (exact) mass is 382 g/mol. The van der Waals surface area contributed by atoms with Crippen molar-refractivity contribution in [3.8, 4) is 5.75 Å². The molecule has 7 heteroatoms. The number of anilines is 2. The van der Waals surface area contributed by atoms with Gasteiger partial charge in [0.25, 0.3) is 5.91 Å². The first-order valence-electron chi connectivity index (χ1n) is 9.12. The fourth-order valence-corrected chi connectivity index (χ4v) is 4.54. The number of hydrogen-bond acceptors (Lipinski definition) is 6. The summed E-state index contributed by atoms with van der Waals surface area (Å²) in [4.78, 5) is 25.7. The van der Waals surface area contributed by atoms with Crippen molar-refractivity contribution < 1.29 is 9.53 Å². The Kier molecular flexibility index (Phi) is 4.94. The van der Waals surface area contributed by atoms with Gasteiger partial charge in [0, 0.05) is 24.8 Å². The number of ether oxygens (including phenoxy) is 1. The number of rotatable bonds is 4. The molecule has 1 aromatic carbocycles. The summed E-state index contributed by atoms with van der Waals surface area (Å²) in [7, 11) is 1.61. The molecule has 0 spiro atoms. The smallest absolute Gasteiger partial charge is 0.266 e. The highest BCUT2D eigenvalue weighted by Gasteiger charge is 2.22. The van der Waals surface area contributed by atoms with Gasteiger partial charge in [-0.1, -0.05) is 6.07 Å². The van der Waals surface area contributed by atoms with Crippen molar-refractivity contribution in [1.29, 1.82) is 0 Å². The summed E-state index contributed by atoms with van der Waals surface area (Å²) in [6.07, 6.45) is 5.23. The van der Waals surface area contributed by atoms with Crippen LogP contribution in [0.3, 0.4) is 0 Å². The zero-order chi connectivity index (χ0) is 18.8. The number of aromatic nitrogens is 2. The maximum atomic E-state index is 12.9. The summed E-state index contributed by atoms with van der Waals surface area (Å²) < 4.78 is 5.22. The highest BCUT2D eigenvalue weighted by Crippen LogP contribution is 2.36. The van der Waals surface area contributed by atoms with Crippen LogP contribution in [0.1, 0.15) is 34.5 Å². The lowest BCUT2D eigenvalue weighted by Crippen LogP contribution is -2.30. The predicted octanol–water partition coefficient (Wildman–Crippen LogP) is 4.25. The number of methoxy groups -OCH3 is 1. The maximum absolute atomic E-state index is 12.9. The zero-order valence-corrected chi connectivity index (χ0v) is 16.3. The van der Waals surface area contributed by atoms with Crippen LogP contribution < -0.4 is 15.0 Å². The van der Waals surface area contributed by atoms with E-state index in [1.54, 1.807) is 19.5 Å². The fourth-order valence-electron chi connectivity index (χ4n) is 3.50. The van der Waals surface area contributed by atoms with Crippen molar-refractivity contribution >= 4 is 39.0 Å². The van der Waals surface area contributed by atoms with E-state index in [9.17, 15) is 4.79 Å². The molecule has 27 heavy (non-hydrogen) atoms. The van der Waals surface area contributed by atoms with Crippen LogP contribution >= 0.6 is 11.3 Å². The molecule has 1 aliphatic heterocycles. The molecule has 3 heterocycles. The van der Waals surface area contributed by atoms with Crippen molar-refractivity contribution in [2.24, 2.45) is 0 Å². The van der Waals surface area contributed by atoms with Crippen molar-refractivity contribution in [3.05, 3.63) is 41.0 Å². The van der Waals surface area contributed by atoms with Gasteiger partial charge in [-0.3, -0.25) is 4.79 Å². The molecule has 1 N–H and O–H groups in total. The van der Waals surface area contributed by atoms with E-state index in [-0.39, 0.29) is 5.91 Å². The van der Waals surface area contributed by atoms with E-state index in [1.165, 1.54) is 30.6 Å². The summed E-state index contributed by atoms with van der Waals surface area (Å²) in [5.41, 5.74) is 1.65. The number of hydrogen-bond donors (Lipinski definition) is 1. The molecule has 3 aromatic rings. The Labute approximate surface area is 162 Å². The SMILES string of the molecule is COc1cccc(NC(=O)c2sc3ncnc(N4CCCCC4)c3c2C)c1. The number of nitrogens with one attached hydrogen (secondary N) is 1. The Bertz CT molecular complexity index is 979. The molecular weight excluding hydrogens is 360 g/mol. The molecule has 6 nitrogen and oxygen atoms in total. The Morgan fingerprint density at radius 2 is 2.04 bits per heavy atom. The van der Waals surface area contributed by atoms with Crippen LogP contribution in [-0.4, -0.2) is 36.1 Å². The van der Waals surface area contributed by atoms with Gasteiger partial charge >= 0.3 is 0 Å². The molecule has 1 aliphatic rings. The van der Waals surface area contributed by atoms with Gasteiger partial charge in [0.1, 0.15) is 22.7 Å². The molecule has 4 rings (SSSR count). The number of carbonyl (C=O) groups is 1. The molecule has 1 saturated heterocycles. The topological polar surface area (TPSA) is 67.3 Å². The first-order valence-corrected chi connectivity index (χ1v) is 9.93. The normalized spacial score (nSPS) is 14.4. The van der Waals surface area contributed by atoms with Crippen molar-refractivity contribution in [1.82, 2.24) is 9.97 Å². The summed E-state index contributed by atoms with van der Waals surface area (Å²) in [5, 5.41) is 3.96. The van der Waals surface area contributed by atoms with Crippen LogP contribution in [0.4, 0.5) is 11.5 Å². The Morgan fingerprint density at radius 1 is 1.22 bits per heavy atom. The molecule has 1 fully saturated rings. The van der Waals surface area contributed by atoms with E-state index in [1.807, 2.05) is 25.1 Å². The van der Waals surface area contributed by atoms with Gasteiger partial charge in [0.15, 0.2) is 0 Å². The average Bonchev–Trinajstić information content (AvgIpc) is 3.06. The lowest BCUT2D eigenvalue weighted by molar-refractivity contribution is 0.103. The second-order valence-corrected chi connectivity index (χ2v) is 7.67. The van der Waals surface area contributed by atoms with Gasteiger partial charge in [-0.2, -0.15) is 0 Å². The molecule has 140 valence electrons. The number of carbonyl (C=O) groups excluding carboxylic acids is 1. The molecule has 0 aliphatic carbocycles. The van der Waals surface area contributed by atoms with Crippen LogP contribution in [0.5, 0.6) is 5.75 Å². The lowest BCUT2D eigenvalue weighted by Gasteiger charge is -2.28. The number of benzene rings is 1. The third-order valence-electron chi connectivity index (χ3n) is 4.90. The molecule has 0 bridgehead atoms. The number of amides is 1. The first kappa shape index (κ1) is 17.7. The van der Waals surface area contributed by atoms with Gasteiger partial charge in [-0.05, 0) is 43.9 Å². The quantitative estimate of drug-likeness (QED) is 0.731. The van der Waals surface area contributed by atoms with Crippen LogP contribution in [0.2, 0.25) is 0 Å². The van der Waals surface area contributed by atoms with Gasteiger partial charge < -0.3 is 15.0 Å². The minimum Gasteiger partial charge on any atom is -0.497 e. The average molecular weight is 382 g/mol. The predicted molar refractivity (Wildman–Crippen MR) is 109 cm³/mol. The summed E-state index contributed by atoms with van der Waals surface area (Å²) in [6.45, 7) is 4.00. The number of thiophene rings is 1. The number of fused-ring (bicyclic) bond motifs is 1. The van der Waals surface area contributed by atoms with Crippen molar-refractivity contribution in [3.63, 3.8) is 0 Å². The molecule has 0 unspecified atom stereocenters. The Hall–Kier alpha value is -2.67. The minimum absolute atomic E-state index is 0.131. The number of piperidine rings is 1. The largest absolute Gasteiger partial charge is 0.497 e. The van der Waals surface area contributed by atoms with E-state index >= 15 is 0 Å². The van der Waals surface area contributed by atoms with E-state index in [0.29, 0.717) is 16.3 Å². The second-order valence-electron chi connectivity index (χ2n) is 6.67. The summed E-state index contributed by atoms with van der Waals surface area (Å²) >= 11 is 1.42. The lowest BCUT2D eigenvalue weighted by atomic mass is 10.1. The second kappa shape index (κ2) is 7.52. The highest BCUT2D eigenvalue weighted by molar-refractivity contribution is 7.20. The van der Waals surface area contributed by atoms with E-state index < -0.39 is 0 Å². The van der Waals surface area contributed by atoms with Crippen LogP contribution in [0, 0.1) is 6.92 Å². The van der Waals surface area contributed by atoms with Crippen LogP contribution in [0.15, 0.2) is 30.6 Å².